The van der Waals surface area contributed by atoms with E-state index < -0.39 is 10.8 Å². The number of aliphatic hydroxyl groups excluding tert-OH is 1. The monoisotopic (exact) mass is 382 g/mol. The molecule has 0 aliphatic heterocycles. The van der Waals surface area contributed by atoms with Crippen LogP contribution in [0.25, 0.3) is 11.0 Å². The number of nitro benzene ring substituents is 1. The predicted octanol–water partition coefficient (Wildman–Crippen LogP) is 3.28. The summed E-state index contributed by atoms with van der Waals surface area (Å²) in [5.41, 5.74) is 0.932. The molecular formula is C17H14N6O5. The number of aromatic nitrogens is 2. The molecule has 28 heavy (non-hydrogen) atoms. The lowest BCUT2D eigenvalue weighted by Gasteiger charge is -2.05. The number of fused-ring (bicyclic) bond motifs is 1. The third-order valence-corrected chi connectivity index (χ3v) is 3.66. The van der Waals surface area contributed by atoms with Gasteiger partial charge >= 0.3 is 5.69 Å². The zero-order chi connectivity index (χ0) is 20.3. The molecule has 0 radical (unpaired) electrons. The summed E-state index contributed by atoms with van der Waals surface area (Å²) in [5.74, 6) is -1.10. The molecule has 3 rings (SSSR count). The van der Waals surface area contributed by atoms with E-state index in [9.17, 15) is 24.8 Å². The van der Waals surface area contributed by atoms with E-state index in [0.29, 0.717) is 16.7 Å². The minimum atomic E-state index is -0.742. The zero-order valence-corrected chi connectivity index (χ0v) is 14.5. The van der Waals surface area contributed by atoms with Gasteiger partial charge in [-0.15, -0.1) is 5.11 Å². The number of anilines is 1. The first-order valence-corrected chi connectivity index (χ1v) is 7.93. The van der Waals surface area contributed by atoms with Gasteiger partial charge in [-0.3, -0.25) is 14.9 Å². The number of rotatable bonds is 5. The number of aromatic amines is 2. The number of carbonyl (C=O) groups excluding carboxylic acids is 1. The number of nitrogens with zero attached hydrogens (tertiary/aromatic N) is 3. The van der Waals surface area contributed by atoms with Crippen LogP contribution in [0.2, 0.25) is 0 Å². The number of hydrogen-bond donors (Lipinski definition) is 4. The van der Waals surface area contributed by atoms with Gasteiger partial charge in [0.15, 0.2) is 5.70 Å². The van der Waals surface area contributed by atoms with E-state index in [2.05, 4.69) is 25.5 Å². The highest BCUT2D eigenvalue weighted by Gasteiger charge is 2.14. The summed E-state index contributed by atoms with van der Waals surface area (Å²) in [6.07, 6.45) is 0. The Morgan fingerprint density at radius 1 is 1.14 bits per heavy atom. The highest BCUT2D eigenvalue weighted by atomic mass is 16.6. The fourth-order valence-electron chi connectivity index (χ4n) is 2.33. The van der Waals surface area contributed by atoms with Gasteiger partial charge in [0.05, 0.1) is 21.6 Å². The van der Waals surface area contributed by atoms with Crippen LogP contribution in [0.5, 0.6) is 0 Å². The number of imidazole rings is 1. The maximum absolute atomic E-state index is 12.3. The van der Waals surface area contributed by atoms with Gasteiger partial charge in [-0.2, -0.15) is 5.11 Å². The molecule has 0 spiro atoms. The minimum absolute atomic E-state index is 0.120. The number of hydrogen-bond acceptors (Lipinski definition) is 7. The quantitative estimate of drug-likeness (QED) is 0.174. The van der Waals surface area contributed by atoms with Gasteiger partial charge in [0.1, 0.15) is 5.76 Å². The molecule has 3 aromatic rings. The van der Waals surface area contributed by atoms with Crippen LogP contribution in [0.15, 0.2) is 68.9 Å². The predicted molar refractivity (Wildman–Crippen MR) is 100 cm³/mol. The molecule has 11 nitrogen and oxygen atoms in total. The zero-order valence-electron chi connectivity index (χ0n) is 14.5. The average Bonchev–Trinajstić information content (AvgIpc) is 3.01. The van der Waals surface area contributed by atoms with Gasteiger partial charge in [0.2, 0.25) is 0 Å². The van der Waals surface area contributed by atoms with Crippen molar-refractivity contribution in [1.82, 2.24) is 9.97 Å². The summed E-state index contributed by atoms with van der Waals surface area (Å²) in [5, 5.41) is 30.6. The number of non-ortho nitro benzene ring substituents is 1. The molecule has 0 atom stereocenters. The maximum Gasteiger partial charge on any atom is 0.323 e. The van der Waals surface area contributed by atoms with Crippen molar-refractivity contribution in [3.8, 4) is 0 Å². The van der Waals surface area contributed by atoms with Gasteiger partial charge in [-0.25, -0.2) is 4.79 Å². The summed E-state index contributed by atoms with van der Waals surface area (Å²) < 4.78 is 0. The topological polar surface area (TPSA) is 166 Å². The van der Waals surface area contributed by atoms with Crippen LogP contribution in [0, 0.1) is 10.1 Å². The molecule has 1 heterocycles. The van der Waals surface area contributed by atoms with Crippen molar-refractivity contribution in [1.29, 1.82) is 0 Å². The number of aliphatic hydroxyl groups is 1. The Hall–Kier alpha value is -4.28. The largest absolute Gasteiger partial charge is 0.510 e. The Kier molecular flexibility index (Phi) is 4.98. The van der Waals surface area contributed by atoms with Crippen molar-refractivity contribution >= 4 is 34.0 Å². The molecule has 0 bridgehead atoms. The molecular weight excluding hydrogens is 368 g/mol. The highest BCUT2D eigenvalue weighted by molar-refractivity contribution is 6.03. The fourth-order valence-corrected chi connectivity index (χ4v) is 2.33. The minimum Gasteiger partial charge on any atom is -0.510 e. The third kappa shape index (κ3) is 4.09. The normalized spacial score (nSPS) is 12.2. The van der Waals surface area contributed by atoms with Crippen molar-refractivity contribution in [3.63, 3.8) is 0 Å². The summed E-state index contributed by atoms with van der Waals surface area (Å²) in [6.45, 7) is 1.27. The Morgan fingerprint density at radius 2 is 1.82 bits per heavy atom. The van der Waals surface area contributed by atoms with E-state index >= 15 is 0 Å². The van der Waals surface area contributed by atoms with E-state index in [1.54, 1.807) is 18.2 Å². The number of azo groups is 1. The van der Waals surface area contributed by atoms with Crippen LogP contribution >= 0.6 is 0 Å². The summed E-state index contributed by atoms with van der Waals surface area (Å²) >= 11 is 0. The number of allylic oxidation sites excluding steroid dienone is 1. The van der Waals surface area contributed by atoms with Crippen molar-refractivity contribution < 1.29 is 14.8 Å². The molecule has 0 aliphatic rings. The van der Waals surface area contributed by atoms with Crippen molar-refractivity contribution in [2.75, 3.05) is 5.32 Å². The van der Waals surface area contributed by atoms with Gasteiger partial charge in [-0.05, 0) is 37.3 Å². The summed E-state index contributed by atoms with van der Waals surface area (Å²) in [7, 11) is 0. The van der Waals surface area contributed by atoms with E-state index in [4.69, 9.17) is 0 Å². The molecule has 2 aromatic carbocycles. The van der Waals surface area contributed by atoms with Crippen LogP contribution in [-0.2, 0) is 4.79 Å². The van der Waals surface area contributed by atoms with Crippen molar-refractivity contribution in [2.45, 2.75) is 6.92 Å². The Bertz CT molecular complexity index is 1170. The van der Waals surface area contributed by atoms with Crippen molar-refractivity contribution in [3.05, 3.63) is 74.5 Å². The average molecular weight is 382 g/mol. The molecule has 142 valence electrons. The Balaban J connectivity index is 1.79. The number of nitro groups is 1. The molecule has 4 N–H and O–H groups in total. The summed E-state index contributed by atoms with van der Waals surface area (Å²) in [6, 6.07) is 9.93. The SMILES string of the molecule is CC(O)=C(N=Nc1ccc2[nH]c(=O)[nH]c2c1)C(=O)Nc1ccc([N+](=O)[O-])cc1. The smallest absolute Gasteiger partial charge is 0.323 e. The molecule has 0 saturated heterocycles. The second kappa shape index (κ2) is 7.53. The number of carbonyl (C=O) groups is 1. The first-order valence-electron chi connectivity index (χ1n) is 7.93. The molecule has 0 unspecified atom stereocenters. The molecule has 0 saturated carbocycles. The standard InChI is InChI=1S/C17H14N6O5/c1-9(24)15(16(25)18-10-2-5-12(6-3-10)23(27)28)22-21-11-4-7-13-14(8-11)20-17(26)19-13/h2-8,24H,1H3,(H,18,25)(H2,19,20,26). The Labute approximate surface area is 156 Å². The van der Waals surface area contributed by atoms with E-state index in [1.165, 1.54) is 31.2 Å². The van der Waals surface area contributed by atoms with E-state index in [-0.39, 0.29) is 28.5 Å². The fraction of sp³-hybridized carbons (Fsp3) is 0.0588. The lowest BCUT2D eigenvalue weighted by atomic mass is 10.2. The first-order chi connectivity index (χ1) is 13.3. The highest BCUT2D eigenvalue weighted by Crippen LogP contribution is 2.20. The molecule has 1 aromatic heterocycles. The van der Waals surface area contributed by atoms with Crippen molar-refractivity contribution in [2.24, 2.45) is 10.2 Å². The van der Waals surface area contributed by atoms with Crippen LogP contribution in [0.3, 0.4) is 0 Å². The van der Waals surface area contributed by atoms with E-state index in [0.717, 1.165) is 0 Å². The lowest BCUT2D eigenvalue weighted by molar-refractivity contribution is -0.384. The molecule has 0 aliphatic carbocycles. The molecule has 1 amide bonds. The number of H-pyrrole nitrogens is 2. The number of amides is 1. The lowest BCUT2D eigenvalue weighted by Crippen LogP contribution is -2.14. The van der Waals surface area contributed by atoms with Gasteiger partial charge in [0.25, 0.3) is 11.6 Å². The second-order valence-electron chi connectivity index (χ2n) is 5.70. The maximum atomic E-state index is 12.3. The van der Waals surface area contributed by atoms with Gasteiger partial charge < -0.3 is 20.4 Å². The van der Waals surface area contributed by atoms with Crippen LogP contribution in [0.4, 0.5) is 17.1 Å². The third-order valence-electron chi connectivity index (χ3n) is 3.66. The second-order valence-corrected chi connectivity index (χ2v) is 5.70. The number of nitrogens with one attached hydrogen (secondary N) is 3. The van der Waals surface area contributed by atoms with E-state index in [1.807, 2.05) is 0 Å². The molecule has 0 fully saturated rings. The summed E-state index contributed by atoms with van der Waals surface area (Å²) in [4.78, 5) is 38.9. The van der Waals surface area contributed by atoms with Gasteiger partial charge in [0, 0.05) is 17.8 Å². The van der Waals surface area contributed by atoms with Crippen LogP contribution in [0.1, 0.15) is 6.92 Å². The molecule has 11 heteroatoms. The van der Waals surface area contributed by atoms with Crippen LogP contribution in [-0.4, -0.2) is 25.9 Å². The van der Waals surface area contributed by atoms with Gasteiger partial charge in [-0.1, -0.05) is 0 Å². The number of benzene rings is 2. The Morgan fingerprint density at radius 3 is 2.46 bits per heavy atom. The van der Waals surface area contributed by atoms with Crippen LogP contribution < -0.4 is 11.0 Å². The first kappa shape index (κ1) is 18.5.